The van der Waals surface area contributed by atoms with Gasteiger partial charge in [0.2, 0.25) is 17.6 Å². The van der Waals surface area contributed by atoms with E-state index in [9.17, 15) is 14.4 Å². The molecule has 10 heteroatoms. The largest absolute Gasteiger partial charge is 0.408 e. The fraction of sp³-hybridized carbons (Fsp3) is 0.800. The van der Waals surface area contributed by atoms with Gasteiger partial charge in [-0.3, -0.25) is 14.4 Å². The number of aromatic nitrogens is 2. The number of carbonyl (C=O) groups excluding carboxylic acids is 3. The number of thioether (sulfide) groups is 1. The highest BCUT2D eigenvalue weighted by Gasteiger charge is 2.42. The molecular formula is C25H43N5O4S. The predicted molar refractivity (Wildman–Crippen MR) is 137 cm³/mol. The van der Waals surface area contributed by atoms with Crippen LogP contribution < -0.4 is 10.6 Å². The van der Waals surface area contributed by atoms with E-state index in [1.54, 1.807) is 0 Å². The number of amides is 2. The first-order chi connectivity index (χ1) is 16.6. The van der Waals surface area contributed by atoms with Crippen molar-refractivity contribution < 1.29 is 18.8 Å². The molecule has 35 heavy (non-hydrogen) atoms. The van der Waals surface area contributed by atoms with E-state index < -0.39 is 17.4 Å². The van der Waals surface area contributed by atoms with Gasteiger partial charge in [-0.15, -0.1) is 10.2 Å². The van der Waals surface area contributed by atoms with Crippen LogP contribution in [-0.4, -0.2) is 69.2 Å². The van der Waals surface area contributed by atoms with Crippen LogP contribution in [0.3, 0.4) is 0 Å². The SMILES string of the molecule is CCN(CC)CCC(=O)NC1(C(=O)NC(CC(C)C)C(=O)c2nnc(SC(C)C)o2)CCCCC1. The van der Waals surface area contributed by atoms with Crippen molar-refractivity contribution >= 4 is 29.4 Å². The van der Waals surface area contributed by atoms with Gasteiger partial charge in [-0.05, 0) is 38.3 Å². The van der Waals surface area contributed by atoms with Gasteiger partial charge in [0.15, 0.2) is 0 Å². The molecule has 1 atom stereocenters. The molecule has 1 saturated carbocycles. The van der Waals surface area contributed by atoms with Crippen LogP contribution in [-0.2, 0) is 9.59 Å². The van der Waals surface area contributed by atoms with Crippen LogP contribution in [0, 0.1) is 5.92 Å². The van der Waals surface area contributed by atoms with Gasteiger partial charge in [-0.2, -0.15) is 0 Å². The lowest BCUT2D eigenvalue weighted by Crippen LogP contribution is -2.62. The van der Waals surface area contributed by atoms with E-state index in [-0.39, 0.29) is 28.9 Å². The van der Waals surface area contributed by atoms with Crippen LogP contribution in [0.5, 0.6) is 0 Å². The van der Waals surface area contributed by atoms with Crippen molar-refractivity contribution in [2.75, 3.05) is 19.6 Å². The minimum atomic E-state index is -0.998. The summed E-state index contributed by atoms with van der Waals surface area (Å²) in [5.74, 6) is -0.770. The molecule has 2 N–H and O–H groups in total. The molecule has 2 rings (SSSR count). The van der Waals surface area contributed by atoms with E-state index in [0.717, 1.165) is 32.4 Å². The Kier molecular flexibility index (Phi) is 11.7. The Balaban J connectivity index is 2.16. The lowest BCUT2D eigenvalue weighted by Gasteiger charge is -2.38. The third-order valence-electron chi connectivity index (χ3n) is 6.35. The molecule has 2 amide bonds. The Morgan fingerprint density at radius 1 is 1.06 bits per heavy atom. The molecule has 1 heterocycles. The Hall–Kier alpha value is -1.94. The number of nitrogens with zero attached hydrogens (tertiary/aromatic N) is 3. The fourth-order valence-corrected chi connectivity index (χ4v) is 5.02. The minimum absolute atomic E-state index is 0.0972. The smallest absolute Gasteiger partial charge is 0.286 e. The van der Waals surface area contributed by atoms with Crippen LogP contribution in [0.15, 0.2) is 9.64 Å². The number of carbonyl (C=O) groups is 3. The van der Waals surface area contributed by atoms with Crippen molar-refractivity contribution in [3.05, 3.63) is 5.89 Å². The van der Waals surface area contributed by atoms with Gasteiger partial charge in [-0.1, -0.05) is 72.6 Å². The maximum atomic E-state index is 13.6. The summed E-state index contributed by atoms with van der Waals surface area (Å²) < 4.78 is 5.58. The highest BCUT2D eigenvalue weighted by atomic mass is 32.2. The van der Waals surface area contributed by atoms with Crippen LogP contribution in [0.4, 0.5) is 0 Å². The van der Waals surface area contributed by atoms with Crippen molar-refractivity contribution in [3.63, 3.8) is 0 Å². The van der Waals surface area contributed by atoms with E-state index in [4.69, 9.17) is 4.42 Å². The summed E-state index contributed by atoms with van der Waals surface area (Å²) in [5, 5.41) is 14.5. The highest BCUT2D eigenvalue weighted by molar-refractivity contribution is 7.99. The number of hydrogen-bond donors (Lipinski definition) is 2. The van der Waals surface area contributed by atoms with Crippen LogP contribution in [0.1, 0.15) is 97.2 Å². The molecule has 1 unspecified atom stereocenters. The first-order valence-electron chi connectivity index (χ1n) is 13.0. The summed E-state index contributed by atoms with van der Waals surface area (Å²) in [6.45, 7) is 14.5. The Bertz CT molecular complexity index is 832. The zero-order valence-electron chi connectivity index (χ0n) is 22.2. The number of ketones is 1. The van der Waals surface area contributed by atoms with Crippen LogP contribution in [0.25, 0.3) is 0 Å². The second kappa shape index (κ2) is 14.0. The Morgan fingerprint density at radius 2 is 1.71 bits per heavy atom. The molecule has 0 radical (unpaired) electrons. The molecule has 1 fully saturated rings. The molecule has 1 aliphatic carbocycles. The van der Waals surface area contributed by atoms with Crippen molar-refractivity contribution in [2.24, 2.45) is 5.92 Å². The number of Topliss-reactive ketones (excluding diaryl/α,β-unsaturated/α-hetero) is 1. The highest BCUT2D eigenvalue weighted by Crippen LogP contribution is 2.29. The fourth-order valence-electron chi connectivity index (χ4n) is 4.40. The van der Waals surface area contributed by atoms with Crippen molar-refractivity contribution in [3.8, 4) is 0 Å². The van der Waals surface area contributed by atoms with E-state index in [0.29, 0.717) is 37.5 Å². The molecule has 0 bridgehead atoms. The van der Waals surface area contributed by atoms with Crippen LogP contribution >= 0.6 is 11.8 Å². The van der Waals surface area contributed by atoms with Gasteiger partial charge >= 0.3 is 0 Å². The van der Waals surface area contributed by atoms with Gasteiger partial charge in [-0.25, -0.2) is 0 Å². The summed E-state index contributed by atoms with van der Waals surface area (Å²) in [7, 11) is 0. The zero-order valence-corrected chi connectivity index (χ0v) is 23.0. The molecule has 0 saturated heterocycles. The lowest BCUT2D eigenvalue weighted by molar-refractivity contribution is -0.135. The van der Waals surface area contributed by atoms with Gasteiger partial charge in [0, 0.05) is 18.2 Å². The monoisotopic (exact) mass is 509 g/mol. The Morgan fingerprint density at radius 3 is 2.29 bits per heavy atom. The van der Waals surface area contributed by atoms with E-state index in [1.807, 2.05) is 27.7 Å². The predicted octanol–water partition coefficient (Wildman–Crippen LogP) is 3.83. The van der Waals surface area contributed by atoms with Gasteiger partial charge < -0.3 is 20.0 Å². The second-order valence-electron chi connectivity index (χ2n) is 10.0. The first-order valence-corrected chi connectivity index (χ1v) is 13.9. The molecule has 0 aliphatic heterocycles. The molecular weight excluding hydrogens is 466 g/mol. The summed E-state index contributed by atoms with van der Waals surface area (Å²) in [4.78, 5) is 41.9. The maximum Gasteiger partial charge on any atom is 0.286 e. The number of nitrogens with one attached hydrogen (secondary N) is 2. The zero-order chi connectivity index (χ0) is 26.0. The summed E-state index contributed by atoms with van der Waals surface area (Å²) >= 11 is 1.38. The summed E-state index contributed by atoms with van der Waals surface area (Å²) in [6, 6.07) is -0.800. The first kappa shape index (κ1) is 29.3. The number of hydrogen-bond acceptors (Lipinski definition) is 8. The van der Waals surface area contributed by atoms with Crippen molar-refractivity contribution in [1.82, 2.24) is 25.7 Å². The topological polar surface area (TPSA) is 117 Å². The van der Waals surface area contributed by atoms with Crippen molar-refractivity contribution in [2.45, 2.75) is 109 Å². The summed E-state index contributed by atoms with van der Waals surface area (Å²) in [6.07, 6.45) is 4.63. The van der Waals surface area contributed by atoms with E-state index >= 15 is 0 Å². The summed E-state index contributed by atoms with van der Waals surface area (Å²) in [5.41, 5.74) is -0.998. The second-order valence-corrected chi connectivity index (χ2v) is 11.6. The molecule has 1 aromatic heterocycles. The maximum absolute atomic E-state index is 13.6. The average molecular weight is 510 g/mol. The van der Waals surface area contributed by atoms with Crippen LogP contribution in [0.2, 0.25) is 0 Å². The van der Waals surface area contributed by atoms with Gasteiger partial charge in [0.1, 0.15) is 5.54 Å². The van der Waals surface area contributed by atoms with Gasteiger partial charge in [0.25, 0.3) is 11.1 Å². The quantitative estimate of drug-likeness (QED) is 0.287. The van der Waals surface area contributed by atoms with Gasteiger partial charge in [0.05, 0.1) is 6.04 Å². The van der Waals surface area contributed by atoms with E-state index in [1.165, 1.54) is 11.8 Å². The minimum Gasteiger partial charge on any atom is -0.408 e. The van der Waals surface area contributed by atoms with E-state index in [2.05, 4.69) is 39.6 Å². The normalized spacial score (nSPS) is 16.5. The number of rotatable bonds is 14. The molecule has 1 aromatic rings. The molecule has 1 aliphatic rings. The molecule has 0 aromatic carbocycles. The molecule has 198 valence electrons. The Labute approximate surface area is 213 Å². The lowest BCUT2D eigenvalue weighted by atomic mass is 9.80. The third kappa shape index (κ3) is 8.90. The standard InChI is InChI=1S/C25H43N5O4S/c1-7-30(8-2)15-12-20(31)27-25(13-10-9-11-14-25)23(33)26-19(16-17(3)4)21(32)22-28-29-24(34-22)35-18(5)6/h17-19H,7-16H2,1-6H3,(H,26,33)(H,27,31). The molecule has 9 nitrogen and oxygen atoms in total. The average Bonchev–Trinajstić information content (AvgIpc) is 3.26. The third-order valence-corrected chi connectivity index (χ3v) is 7.19. The molecule has 0 spiro atoms. The van der Waals surface area contributed by atoms with Crippen molar-refractivity contribution in [1.29, 1.82) is 0 Å².